The molecule has 1 amide bonds. The minimum Gasteiger partial charge on any atom is -0.342 e. The second-order valence-electron chi connectivity index (χ2n) is 7.52. The van der Waals surface area contributed by atoms with E-state index in [1.54, 1.807) is 0 Å². The number of carbonyl (C=O) groups excluding carboxylic acids is 1. The smallest absolute Gasteiger partial charge is 0.222 e. The standard InChI is InChI=1S/C21H27N5O/c1-16-22-10-13-25(16)11-5-9-21(27)26-12-4-6-17(15-26)14-20-23-18-7-2-3-8-19(18)24-20/h2-3,7-8,10,13,17H,4-6,9,11-12,14-15H2,1H3,(H,23,24)/t17-/m0/s1. The molecule has 1 aliphatic rings. The van der Waals surface area contributed by atoms with Gasteiger partial charge in [-0.15, -0.1) is 0 Å². The number of nitrogens with zero attached hydrogens (tertiary/aromatic N) is 4. The molecule has 6 nitrogen and oxygen atoms in total. The number of nitrogens with one attached hydrogen (secondary N) is 1. The maximum atomic E-state index is 12.6. The van der Waals surface area contributed by atoms with Gasteiger partial charge in [0.15, 0.2) is 0 Å². The van der Waals surface area contributed by atoms with Gasteiger partial charge in [-0.2, -0.15) is 0 Å². The van der Waals surface area contributed by atoms with Crippen molar-refractivity contribution in [1.29, 1.82) is 0 Å². The normalized spacial score (nSPS) is 17.5. The lowest BCUT2D eigenvalue weighted by Crippen LogP contribution is -2.40. The molecule has 0 spiro atoms. The molecule has 142 valence electrons. The molecule has 27 heavy (non-hydrogen) atoms. The average molecular weight is 365 g/mol. The van der Waals surface area contributed by atoms with E-state index in [9.17, 15) is 4.79 Å². The number of rotatable bonds is 6. The van der Waals surface area contributed by atoms with Gasteiger partial charge in [0.05, 0.1) is 11.0 Å². The summed E-state index contributed by atoms with van der Waals surface area (Å²) in [7, 11) is 0. The number of hydrogen-bond donors (Lipinski definition) is 1. The van der Waals surface area contributed by atoms with Crippen LogP contribution in [0.2, 0.25) is 0 Å². The van der Waals surface area contributed by atoms with Crippen molar-refractivity contribution in [2.24, 2.45) is 5.92 Å². The van der Waals surface area contributed by atoms with E-state index in [0.29, 0.717) is 12.3 Å². The molecule has 1 aliphatic heterocycles. The molecule has 0 unspecified atom stereocenters. The summed E-state index contributed by atoms with van der Waals surface area (Å²) in [5, 5.41) is 0. The van der Waals surface area contributed by atoms with Gasteiger partial charge in [0.1, 0.15) is 11.6 Å². The molecule has 1 aromatic carbocycles. The molecule has 4 rings (SSSR count). The molecule has 1 N–H and O–H groups in total. The molecular weight excluding hydrogens is 338 g/mol. The second kappa shape index (κ2) is 7.94. The molecule has 2 aromatic heterocycles. The van der Waals surface area contributed by atoms with Gasteiger partial charge in [-0.05, 0) is 44.2 Å². The van der Waals surface area contributed by atoms with Crippen molar-refractivity contribution in [2.45, 2.75) is 45.6 Å². The lowest BCUT2D eigenvalue weighted by atomic mass is 9.94. The highest BCUT2D eigenvalue weighted by Crippen LogP contribution is 2.22. The van der Waals surface area contributed by atoms with E-state index in [4.69, 9.17) is 4.98 Å². The molecule has 3 aromatic rings. The first kappa shape index (κ1) is 17.8. The van der Waals surface area contributed by atoms with E-state index < -0.39 is 0 Å². The van der Waals surface area contributed by atoms with Crippen LogP contribution in [0.1, 0.15) is 37.3 Å². The number of hydrogen-bond acceptors (Lipinski definition) is 3. The molecule has 3 heterocycles. The van der Waals surface area contributed by atoms with Gasteiger partial charge in [0.25, 0.3) is 0 Å². The minimum atomic E-state index is 0.280. The first-order valence-corrected chi connectivity index (χ1v) is 9.88. The third-order valence-corrected chi connectivity index (χ3v) is 5.51. The summed E-state index contributed by atoms with van der Waals surface area (Å²) in [4.78, 5) is 27.0. The Hall–Kier alpha value is -2.63. The van der Waals surface area contributed by atoms with Gasteiger partial charge >= 0.3 is 0 Å². The summed E-state index contributed by atoms with van der Waals surface area (Å²) in [6.07, 6.45) is 8.41. The molecule has 0 aliphatic carbocycles. The van der Waals surface area contributed by atoms with Crippen LogP contribution in [-0.2, 0) is 17.8 Å². The van der Waals surface area contributed by atoms with Crippen LogP contribution in [0.4, 0.5) is 0 Å². The summed E-state index contributed by atoms with van der Waals surface area (Å²) >= 11 is 0. The van der Waals surface area contributed by atoms with Crippen molar-refractivity contribution in [3.05, 3.63) is 48.3 Å². The molecule has 1 atom stereocenters. The fourth-order valence-electron chi connectivity index (χ4n) is 4.03. The van der Waals surface area contributed by atoms with Crippen LogP contribution in [0.25, 0.3) is 11.0 Å². The predicted molar refractivity (Wildman–Crippen MR) is 105 cm³/mol. The highest BCUT2D eigenvalue weighted by atomic mass is 16.2. The molecule has 0 radical (unpaired) electrons. The Morgan fingerprint density at radius 1 is 1.33 bits per heavy atom. The summed E-state index contributed by atoms with van der Waals surface area (Å²) < 4.78 is 2.11. The quantitative estimate of drug-likeness (QED) is 0.729. The number of imidazole rings is 2. The highest BCUT2D eigenvalue weighted by molar-refractivity contribution is 5.76. The molecule has 1 saturated heterocycles. The van der Waals surface area contributed by atoms with Gasteiger partial charge < -0.3 is 14.5 Å². The Morgan fingerprint density at radius 3 is 3.04 bits per heavy atom. The number of para-hydroxylation sites is 2. The number of aryl methyl sites for hydroxylation is 2. The third kappa shape index (κ3) is 4.21. The summed E-state index contributed by atoms with van der Waals surface area (Å²) in [5.41, 5.74) is 2.11. The topological polar surface area (TPSA) is 66.8 Å². The fourth-order valence-corrected chi connectivity index (χ4v) is 4.03. The van der Waals surface area contributed by atoms with Crippen LogP contribution in [0.5, 0.6) is 0 Å². The second-order valence-corrected chi connectivity index (χ2v) is 7.52. The van der Waals surface area contributed by atoms with E-state index in [-0.39, 0.29) is 5.91 Å². The van der Waals surface area contributed by atoms with E-state index in [2.05, 4.69) is 25.5 Å². The summed E-state index contributed by atoms with van der Waals surface area (Å²) in [5.74, 6) is 2.80. The zero-order chi connectivity index (χ0) is 18.6. The van der Waals surface area contributed by atoms with Crippen molar-refractivity contribution in [1.82, 2.24) is 24.4 Å². The average Bonchev–Trinajstić information content (AvgIpc) is 3.27. The van der Waals surface area contributed by atoms with Gasteiger partial charge in [0.2, 0.25) is 5.91 Å². The Kier molecular flexibility index (Phi) is 5.23. The van der Waals surface area contributed by atoms with Crippen molar-refractivity contribution in [3.63, 3.8) is 0 Å². The number of H-pyrrole nitrogens is 1. The van der Waals surface area contributed by atoms with E-state index in [1.807, 2.05) is 37.5 Å². The fraction of sp³-hybridized carbons (Fsp3) is 0.476. The Labute approximate surface area is 159 Å². The number of benzene rings is 1. The van der Waals surface area contributed by atoms with Gasteiger partial charge in [-0.25, -0.2) is 9.97 Å². The zero-order valence-electron chi connectivity index (χ0n) is 15.9. The van der Waals surface area contributed by atoms with E-state index >= 15 is 0 Å². The van der Waals surface area contributed by atoms with Crippen LogP contribution in [-0.4, -0.2) is 43.4 Å². The lowest BCUT2D eigenvalue weighted by molar-refractivity contribution is -0.133. The monoisotopic (exact) mass is 365 g/mol. The van der Waals surface area contributed by atoms with Crippen molar-refractivity contribution in [2.75, 3.05) is 13.1 Å². The molecule has 0 bridgehead atoms. The number of fused-ring (bicyclic) bond motifs is 1. The van der Waals surface area contributed by atoms with Crippen LogP contribution >= 0.6 is 0 Å². The predicted octanol–water partition coefficient (Wildman–Crippen LogP) is 3.33. The van der Waals surface area contributed by atoms with E-state index in [0.717, 1.165) is 68.0 Å². The number of likely N-dealkylation sites (tertiary alicyclic amines) is 1. The molecule has 0 saturated carbocycles. The van der Waals surface area contributed by atoms with Crippen molar-refractivity contribution < 1.29 is 4.79 Å². The third-order valence-electron chi connectivity index (χ3n) is 5.51. The maximum absolute atomic E-state index is 12.6. The number of aromatic nitrogens is 4. The van der Waals surface area contributed by atoms with Gasteiger partial charge in [-0.1, -0.05) is 12.1 Å². The molecule has 6 heteroatoms. The van der Waals surface area contributed by atoms with E-state index in [1.165, 1.54) is 0 Å². The molecular formula is C21H27N5O. The lowest BCUT2D eigenvalue weighted by Gasteiger charge is -2.32. The number of piperidine rings is 1. The van der Waals surface area contributed by atoms with Crippen LogP contribution in [0.15, 0.2) is 36.7 Å². The van der Waals surface area contributed by atoms with Crippen molar-refractivity contribution in [3.8, 4) is 0 Å². The first-order valence-electron chi connectivity index (χ1n) is 9.88. The van der Waals surface area contributed by atoms with Gasteiger partial charge in [-0.3, -0.25) is 4.79 Å². The first-order chi connectivity index (χ1) is 13.2. The molecule has 1 fully saturated rings. The van der Waals surface area contributed by atoms with Crippen LogP contribution in [0, 0.1) is 12.8 Å². The maximum Gasteiger partial charge on any atom is 0.222 e. The SMILES string of the molecule is Cc1nccn1CCCC(=O)N1CCC[C@@H](Cc2nc3ccccc3[nH]2)C1. The Balaban J connectivity index is 1.29. The highest BCUT2D eigenvalue weighted by Gasteiger charge is 2.24. The number of aromatic amines is 1. The zero-order valence-corrected chi connectivity index (χ0v) is 15.9. The largest absolute Gasteiger partial charge is 0.342 e. The Morgan fingerprint density at radius 2 is 2.22 bits per heavy atom. The minimum absolute atomic E-state index is 0.280. The van der Waals surface area contributed by atoms with Gasteiger partial charge in [0, 0.05) is 44.9 Å². The van der Waals surface area contributed by atoms with Crippen molar-refractivity contribution >= 4 is 16.9 Å². The number of amides is 1. The number of carbonyl (C=O) groups is 1. The summed E-state index contributed by atoms with van der Waals surface area (Å²) in [6.45, 7) is 4.59. The summed E-state index contributed by atoms with van der Waals surface area (Å²) in [6, 6.07) is 8.13. The van der Waals surface area contributed by atoms with Crippen LogP contribution < -0.4 is 0 Å². The Bertz CT molecular complexity index is 879. The van der Waals surface area contributed by atoms with Crippen LogP contribution in [0.3, 0.4) is 0 Å².